The normalized spacial score (nSPS) is 10.0. The summed E-state index contributed by atoms with van der Waals surface area (Å²) in [4.78, 5) is 11.6. The van der Waals surface area contributed by atoms with Gasteiger partial charge in [-0.05, 0) is 33.6 Å². The van der Waals surface area contributed by atoms with Crippen LogP contribution >= 0.6 is 28.6 Å². The van der Waals surface area contributed by atoms with Gasteiger partial charge in [-0.2, -0.15) is 12.6 Å². The van der Waals surface area contributed by atoms with Crippen molar-refractivity contribution in [3.8, 4) is 5.75 Å². The first-order chi connectivity index (χ1) is 8.04. The number of halogens is 1. The zero-order valence-electron chi connectivity index (χ0n) is 9.24. The highest BCUT2D eigenvalue weighted by atomic mass is 79.9. The molecule has 17 heavy (non-hydrogen) atoms. The van der Waals surface area contributed by atoms with E-state index in [2.05, 4.69) is 40.5 Å². The van der Waals surface area contributed by atoms with Gasteiger partial charge in [0.25, 0.3) is 0 Å². The van der Waals surface area contributed by atoms with Crippen molar-refractivity contribution in [3.05, 3.63) is 40.4 Å². The molecule has 0 saturated heterocycles. The Bertz CT molecular complexity index is 435. The van der Waals surface area contributed by atoms with Crippen molar-refractivity contribution in [1.82, 2.24) is 5.32 Å². The lowest BCUT2D eigenvalue weighted by Crippen LogP contribution is -2.27. The van der Waals surface area contributed by atoms with Gasteiger partial charge >= 0.3 is 0 Å². The van der Waals surface area contributed by atoms with Crippen molar-refractivity contribution in [2.24, 2.45) is 0 Å². The number of nitrogens with one attached hydrogen (secondary N) is 1. The summed E-state index contributed by atoms with van der Waals surface area (Å²) in [6.07, 6.45) is 0.456. The van der Waals surface area contributed by atoms with E-state index in [1.807, 2.05) is 0 Å². The quantitative estimate of drug-likeness (QED) is 0.577. The van der Waals surface area contributed by atoms with E-state index in [-0.39, 0.29) is 11.7 Å². The number of hydrogen-bond acceptors (Lipinski definition) is 3. The molecule has 3 nitrogen and oxygen atoms in total. The molecule has 0 fully saturated rings. The van der Waals surface area contributed by atoms with Gasteiger partial charge < -0.3 is 10.4 Å². The third kappa shape index (κ3) is 4.44. The first kappa shape index (κ1) is 14.1. The Morgan fingerprint density at radius 3 is 2.82 bits per heavy atom. The van der Waals surface area contributed by atoms with E-state index in [0.717, 1.165) is 5.56 Å². The smallest absolute Gasteiger partial charge is 0.246 e. The number of thiol groups is 1. The molecule has 92 valence electrons. The molecule has 1 aromatic carbocycles. The fourth-order valence-corrected chi connectivity index (χ4v) is 1.82. The molecule has 0 heterocycles. The number of rotatable bonds is 5. The number of carbonyl (C=O) groups excluding carboxylic acids is 1. The van der Waals surface area contributed by atoms with Crippen LogP contribution < -0.4 is 5.32 Å². The van der Waals surface area contributed by atoms with E-state index in [1.54, 1.807) is 18.2 Å². The molecule has 5 heteroatoms. The SMILES string of the molecule is C=C(Cc1ccc(O)c(Br)c1)C(=O)NCCS. The van der Waals surface area contributed by atoms with Crippen LogP contribution in [-0.4, -0.2) is 23.3 Å². The maximum absolute atomic E-state index is 11.6. The molecule has 0 saturated carbocycles. The molecule has 0 aliphatic rings. The minimum atomic E-state index is -0.164. The molecule has 1 amide bonds. The van der Waals surface area contributed by atoms with Gasteiger partial charge in [0.2, 0.25) is 5.91 Å². The Morgan fingerprint density at radius 2 is 2.24 bits per heavy atom. The van der Waals surface area contributed by atoms with Gasteiger partial charge in [0, 0.05) is 24.3 Å². The van der Waals surface area contributed by atoms with Crippen molar-refractivity contribution < 1.29 is 9.90 Å². The van der Waals surface area contributed by atoms with E-state index in [1.165, 1.54) is 0 Å². The molecule has 0 aromatic heterocycles. The van der Waals surface area contributed by atoms with Crippen LogP contribution in [0.1, 0.15) is 5.56 Å². The average Bonchev–Trinajstić information content (AvgIpc) is 2.30. The largest absolute Gasteiger partial charge is 0.507 e. The highest BCUT2D eigenvalue weighted by molar-refractivity contribution is 9.10. The molecule has 1 aromatic rings. The Hall–Kier alpha value is -0.940. The summed E-state index contributed by atoms with van der Waals surface area (Å²) in [7, 11) is 0. The van der Waals surface area contributed by atoms with Crippen LogP contribution in [0.2, 0.25) is 0 Å². The first-order valence-corrected chi connectivity index (χ1v) is 6.51. The fourth-order valence-electron chi connectivity index (χ4n) is 1.28. The lowest BCUT2D eigenvalue weighted by atomic mass is 10.1. The van der Waals surface area contributed by atoms with Crippen molar-refractivity contribution in [2.75, 3.05) is 12.3 Å². The number of amides is 1. The van der Waals surface area contributed by atoms with Crippen LogP contribution in [0.5, 0.6) is 5.75 Å². The van der Waals surface area contributed by atoms with Crippen LogP contribution in [0.15, 0.2) is 34.8 Å². The lowest BCUT2D eigenvalue weighted by Gasteiger charge is -2.07. The first-order valence-electron chi connectivity index (χ1n) is 5.09. The lowest BCUT2D eigenvalue weighted by molar-refractivity contribution is -0.117. The summed E-state index contributed by atoms with van der Waals surface area (Å²) in [5, 5.41) is 12.0. The molecule has 2 N–H and O–H groups in total. The number of carbonyl (C=O) groups is 1. The highest BCUT2D eigenvalue weighted by Crippen LogP contribution is 2.25. The van der Waals surface area contributed by atoms with E-state index in [0.29, 0.717) is 28.8 Å². The minimum absolute atomic E-state index is 0.164. The Kier molecular flexibility index (Phi) is 5.58. The van der Waals surface area contributed by atoms with Crippen LogP contribution in [0.25, 0.3) is 0 Å². The molecule has 0 spiro atoms. The standard InChI is InChI=1S/C12H14BrNO2S/c1-8(12(16)14-4-5-17)6-9-2-3-11(15)10(13)7-9/h2-3,7,15,17H,1,4-6H2,(H,14,16). The summed E-state index contributed by atoms with van der Waals surface area (Å²) >= 11 is 7.23. The monoisotopic (exact) mass is 315 g/mol. The topological polar surface area (TPSA) is 49.3 Å². The van der Waals surface area contributed by atoms with Crippen LogP contribution in [0, 0.1) is 0 Å². The molecule has 0 unspecified atom stereocenters. The predicted octanol–water partition coefficient (Wildman–Crippen LogP) is 2.30. The zero-order chi connectivity index (χ0) is 12.8. The van der Waals surface area contributed by atoms with Gasteiger partial charge in [-0.25, -0.2) is 0 Å². The molecule has 0 bridgehead atoms. The fraction of sp³-hybridized carbons (Fsp3) is 0.250. The number of aromatic hydroxyl groups is 1. The van der Waals surface area contributed by atoms with E-state index in [9.17, 15) is 9.90 Å². The van der Waals surface area contributed by atoms with Gasteiger partial charge in [0.15, 0.2) is 0 Å². The third-order valence-corrected chi connectivity index (χ3v) is 3.01. The Balaban J connectivity index is 2.61. The molecule has 0 aliphatic carbocycles. The molecular formula is C12H14BrNO2S. The molecule has 1 rings (SSSR count). The van der Waals surface area contributed by atoms with Gasteiger partial charge in [-0.3, -0.25) is 4.79 Å². The second-order valence-electron chi connectivity index (χ2n) is 3.55. The summed E-state index contributed by atoms with van der Waals surface area (Å²) in [5.41, 5.74) is 1.41. The number of phenols is 1. The van der Waals surface area contributed by atoms with Gasteiger partial charge in [0.05, 0.1) is 4.47 Å². The zero-order valence-corrected chi connectivity index (χ0v) is 11.7. The van der Waals surface area contributed by atoms with Gasteiger partial charge in [0.1, 0.15) is 5.75 Å². The number of phenolic OH excluding ortho intramolecular Hbond substituents is 1. The second-order valence-corrected chi connectivity index (χ2v) is 4.85. The van der Waals surface area contributed by atoms with Crippen molar-refractivity contribution >= 4 is 34.5 Å². The number of benzene rings is 1. The van der Waals surface area contributed by atoms with Gasteiger partial charge in [-0.15, -0.1) is 0 Å². The predicted molar refractivity (Wildman–Crippen MR) is 75.5 cm³/mol. The maximum Gasteiger partial charge on any atom is 0.246 e. The van der Waals surface area contributed by atoms with Crippen molar-refractivity contribution in [1.29, 1.82) is 0 Å². The van der Waals surface area contributed by atoms with Crippen molar-refractivity contribution in [3.63, 3.8) is 0 Å². The van der Waals surface area contributed by atoms with Crippen LogP contribution in [0.3, 0.4) is 0 Å². The number of hydrogen-bond donors (Lipinski definition) is 3. The van der Waals surface area contributed by atoms with E-state index in [4.69, 9.17) is 0 Å². The van der Waals surface area contributed by atoms with E-state index >= 15 is 0 Å². The summed E-state index contributed by atoms with van der Waals surface area (Å²) < 4.78 is 0.610. The van der Waals surface area contributed by atoms with Crippen molar-refractivity contribution in [2.45, 2.75) is 6.42 Å². The Morgan fingerprint density at radius 1 is 1.53 bits per heavy atom. The molecular weight excluding hydrogens is 302 g/mol. The van der Waals surface area contributed by atoms with Crippen LogP contribution in [-0.2, 0) is 11.2 Å². The minimum Gasteiger partial charge on any atom is -0.507 e. The second kappa shape index (κ2) is 6.71. The molecule has 0 aliphatic heterocycles. The summed E-state index contributed by atoms with van der Waals surface area (Å²) in [5.74, 6) is 0.617. The summed E-state index contributed by atoms with van der Waals surface area (Å²) in [6, 6.07) is 5.11. The Labute approximate surface area is 114 Å². The van der Waals surface area contributed by atoms with E-state index < -0.39 is 0 Å². The highest BCUT2D eigenvalue weighted by Gasteiger charge is 2.08. The maximum atomic E-state index is 11.6. The van der Waals surface area contributed by atoms with Gasteiger partial charge in [-0.1, -0.05) is 12.6 Å². The average molecular weight is 316 g/mol. The van der Waals surface area contributed by atoms with Crippen LogP contribution in [0.4, 0.5) is 0 Å². The molecule has 0 atom stereocenters. The summed E-state index contributed by atoms with van der Waals surface area (Å²) in [6.45, 7) is 4.27. The third-order valence-electron chi connectivity index (χ3n) is 2.15. The molecule has 0 radical (unpaired) electrons.